The Morgan fingerprint density at radius 1 is 1.53 bits per heavy atom. The van der Waals surface area contributed by atoms with E-state index in [0.717, 1.165) is 43.2 Å². The molecule has 2 rings (SSSR count). The molecule has 1 aliphatic heterocycles. The summed E-state index contributed by atoms with van der Waals surface area (Å²) in [6, 6.07) is 4.13. The molecule has 1 unspecified atom stereocenters. The van der Waals surface area contributed by atoms with Crippen LogP contribution in [0.2, 0.25) is 0 Å². The number of ether oxygens (including phenoxy) is 1. The van der Waals surface area contributed by atoms with E-state index in [-0.39, 0.29) is 6.10 Å². The average molecular weight is 235 g/mol. The molecule has 1 fully saturated rings. The van der Waals surface area contributed by atoms with Crippen LogP contribution in [0.5, 0.6) is 0 Å². The molecule has 4 heteroatoms. The van der Waals surface area contributed by atoms with Crippen molar-refractivity contribution in [3.05, 3.63) is 23.4 Å². The van der Waals surface area contributed by atoms with Crippen molar-refractivity contribution in [3.63, 3.8) is 0 Å². The highest BCUT2D eigenvalue weighted by atomic mass is 16.5. The Bertz CT molecular complexity index is 381. The van der Waals surface area contributed by atoms with Crippen LogP contribution in [0.1, 0.15) is 24.6 Å². The topological polar surface area (TPSA) is 51.4 Å². The van der Waals surface area contributed by atoms with Crippen molar-refractivity contribution in [2.75, 3.05) is 24.6 Å². The molecule has 0 spiro atoms. The molecule has 0 saturated carbocycles. The summed E-state index contributed by atoms with van der Waals surface area (Å²) in [6.07, 6.45) is 1.32. The highest BCUT2D eigenvalue weighted by Gasteiger charge is 2.16. The zero-order chi connectivity index (χ0) is 12.3. The summed E-state index contributed by atoms with van der Waals surface area (Å²) in [4.78, 5) is 6.89. The third-order valence-corrected chi connectivity index (χ3v) is 3.01. The van der Waals surface area contributed by atoms with Gasteiger partial charge in [-0.15, -0.1) is 0 Å². The first-order valence-corrected chi connectivity index (χ1v) is 6.23. The fourth-order valence-electron chi connectivity index (χ4n) is 2.20. The number of hydrogen-bond acceptors (Lipinski definition) is 4. The van der Waals surface area contributed by atoms with Gasteiger partial charge in [0.05, 0.1) is 6.10 Å². The van der Waals surface area contributed by atoms with Crippen LogP contribution in [0, 0.1) is 6.92 Å². The minimum Gasteiger partial charge on any atom is -0.377 e. The molecule has 2 N–H and O–H groups in total. The van der Waals surface area contributed by atoms with Gasteiger partial charge in [0.15, 0.2) is 0 Å². The summed E-state index contributed by atoms with van der Waals surface area (Å²) < 4.78 is 5.65. The van der Waals surface area contributed by atoms with Gasteiger partial charge in [-0.25, -0.2) is 4.98 Å². The van der Waals surface area contributed by atoms with Crippen molar-refractivity contribution in [3.8, 4) is 0 Å². The van der Waals surface area contributed by atoms with Crippen LogP contribution in [0.15, 0.2) is 12.1 Å². The summed E-state index contributed by atoms with van der Waals surface area (Å²) in [6.45, 7) is 7.44. The molecule has 0 amide bonds. The first-order chi connectivity index (χ1) is 8.19. The lowest BCUT2D eigenvalue weighted by molar-refractivity contribution is 0.0820. The van der Waals surface area contributed by atoms with Crippen LogP contribution in [-0.2, 0) is 11.3 Å². The predicted octanol–water partition coefficient (Wildman–Crippen LogP) is 1.46. The van der Waals surface area contributed by atoms with E-state index in [9.17, 15) is 0 Å². The molecule has 1 saturated heterocycles. The Morgan fingerprint density at radius 3 is 3.12 bits per heavy atom. The van der Waals surface area contributed by atoms with Gasteiger partial charge in [-0.2, -0.15) is 0 Å². The number of aromatic nitrogens is 1. The zero-order valence-electron chi connectivity index (χ0n) is 10.6. The summed E-state index contributed by atoms with van der Waals surface area (Å²) in [5, 5.41) is 0. The van der Waals surface area contributed by atoms with E-state index in [2.05, 4.69) is 22.9 Å². The van der Waals surface area contributed by atoms with Crippen LogP contribution >= 0.6 is 0 Å². The number of pyridine rings is 1. The van der Waals surface area contributed by atoms with Gasteiger partial charge in [0, 0.05) is 31.9 Å². The first kappa shape index (κ1) is 12.3. The number of hydrogen-bond donors (Lipinski definition) is 1. The van der Waals surface area contributed by atoms with E-state index in [0.29, 0.717) is 6.54 Å². The number of nitrogens with zero attached hydrogens (tertiary/aromatic N) is 2. The third kappa shape index (κ3) is 3.17. The number of anilines is 1. The van der Waals surface area contributed by atoms with E-state index < -0.39 is 0 Å². The molecule has 0 aliphatic carbocycles. The van der Waals surface area contributed by atoms with Crippen molar-refractivity contribution in [2.45, 2.75) is 32.9 Å². The Hall–Kier alpha value is -1.13. The number of aryl methyl sites for hydroxylation is 1. The molecule has 1 aliphatic rings. The summed E-state index contributed by atoms with van der Waals surface area (Å²) in [7, 11) is 0. The SMILES string of the molecule is Cc1cc(CN)cc(N2CCCOC(C)C2)n1. The van der Waals surface area contributed by atoms with E-state index in [4.69, 9.17) is 10.5 Å². The van der Waals surface area contributed by atoms with Crippen molar-refractivity contribution in [1.29, 1.82) is 0 Å². The summed E-state index contributed by atoms with van der Waals surface area (Å²) in [5.41, 5.74) is 7.88. The summed E-state index contributed by atoms with van der Waals surface area (Å²) in [5.74, 6) is 1.03. The second kappa shape index (κ2) is 5.47. The maximum Gasteiger partial charge on any atom is 0.129 e. The maximum atomic E-state index is 5.70. The van der Waals surface area contributed by atoms with Crippen molar-refractivity contribution < 1.29 is 4.74 Å². The van der Waals surface area contributed by atoms with E-state index in [1.54, 1.807) is 0 Å². The quantitative estimate of drug-likeness (QED) is 0.843. The van der Waals surface area contributed by atoms with Gasteiger partial charge in [0.2, 0.25) is 0 Å². The van der Waals surface area contributed by atoms with Gasteiger partial charge in [0.25, 0.3) is 0 Å². The third-order valence-electron chi connectivity index (χ3n) is 3.01. The molecule has 17 heavy (non-hydrogen) atoms. The highest BCUT2D eigenvalue weighted by Crippen LogP contribution is 2.18. The lowest BCUT2D eigenvalue weighted by Gasteiger charge is -2.24. The second-order valence-electron chi connectivity index (χ2n) is 4.66. The van der Waals surface area contributed by atoms with E-state index >= 15 is 0 Å². The molecule has 94 valence electrons. The average Bonchev–Trinajstić information content (AvgIpc) is 2.53. The monoisotopic (exact) mass is 235 g/mol. The second-order valence-corrected chi connectivity index (χ2v) is 4.66. The minimum absolute atomic E-state index is 0.265. The van der Waals surface area contributed by atoms with Crippen LogP contribution in [0.4, 0.5) is 5.82 Å². The fourth-order valence-corrected chi connectivity index (χ4v) is 2.20. The molecule has 2 heterocycles. The number of rotatable bonds is 2. The normalized spacial score (nSPS) is 21.4. The van der Waals surface area contributed by atoms with Crippen LogP contribution in [0.3, 0.4) is 0 Å². The van der Waals surface area contributed by atoms with Crippen molar-refractivity contribution in [2.24, 2.45) is 5.73 Å². The Labute approximate surface area is 103 Å². The van der Waals surface area contributed by atoms with Gasteiger partial charge in [0.1, 0.15) is 5.82 Å². The lowest BCUT2D eigenvalue weighted by atomic mass is 10.2. The molecule has 1 atom stereocenters. The van der Waals surface area contributed by atoms with Gasteiger partial charge in [-0.05, 0) is 38.0 Å². The molecule has 0 bridgehead atoms. The van der Waals surface area contributed by atoms with Crippen LogP contribution in [-0.4, -0.2) is 30.8 Å². The standard InChI is InChI=1S/C13H21N3O/c1-10-6-12(8-14)7-13(15-10)16-4-3-5-17-11(2)9-16/h6-7,11H,3-5,8-9,14H2,1-2H3. The number of nitrogens with two attached hydrogens (primary N) is 1. The van der Waals surface area contributed by atoms with Gasteiger partial charge in [-0.3, -0.25) is 0 Å². The fraction of sp³-hybridized carbons (Fsp3) is 0.615. The molecular formula is C13H21N3O. The first-order valence-electron chi connectivity index (χ1n) is 6.23. The van der Waals surface area contributed by atoms with Gasteiger partial charge < -0.3 is 15.4 Å². The maximum absolute atomic E-state index is 5.70. The van der Waals surface area contributed by atoms with Gasteiger partial charge >= 0.3 is 0 Å². The lowest BCUT2D eigenvalue weighted by Crippen LogP contribution is -2.31. The summed E-state index contributed by atoms with van der Waals surface area (Å²) >= 11 is 0. The minimum atomic E-state index is 0.265. The zero-order valence-corrected chi connectivity index (χ0v) is 10.6. The molecule has 0 radical (unpaired) electrons. The van der Waals surface area contributed by atoms with Gasteiger partial charge in [-0.1, -0.05) is 0 Å². The van der Waals surface area contributed by atoms with Crippen molar-refractivity contribution in [1.82, 2.24) is 4.98 Å². The largest absolute Gasteiger partial charge is 0.377 e. The Morgan fingerprint density at radius 2 is 2.35 bits per heavy atom. The Balaban J connectivity index is 2.22. The highest BCUT2D eigenvalue weighted by molar-refractivity contribution is 5.43. The Kier molecular flexibility index (Phi) is 3.97. The van der Waals surface area contributed by atoms with E-state index in [1.807, 2.05) is 13.0 Å². The molecular weight excluding hydrogens is 214 g/mol. The molecule has 1 aromatic rings. The molecule has 4 nitrogen and oxygen atoms in total. The van der Waals surface area contributed by atoms with Crippen molar-refractivity contribution >= 4 is 5.82 Å². The van der Waals surface area contributed by atoms with Crippen LogP contribution < -0.4 is 10.6 Å². The van der Waals surface area contributed by atoms with Crippen LogP contribution in [0.25, 0.3) is 0 Å². The molecule has 1 aromatic heterocycles. The van der Waals surface area contributed by atoms with E-state index in [1.165, 1.54) is 0 Å². The predicted molar refractivity (Wildman–Crippen MR) is 69.1 cm³/mol. The smallest absolute Gasteiger partial charge is 0.129 e. The molecule has 0 aromatic carbocycles.